The summed E-state index contributed by atoms with van der Waals surface area (Å²) in [6, 6.07) is 7.88. The molecule has 1 aliphatic carbocycles. The molecule has 2 aliphatic rings. The van der Waals surface area contributed by atoms with E-state index in [1.54, 1.807) is 0 Å². The molecule has 5 heteroatoms. The zero-order chi connectivity index (χ0) is 16.5. The fourth-order valence-corrected chi connectivity index (χ4v) is 4.77. The molecule has 1 amide bonds. The van der Waals surface area contributed by atoms with E-state index < -0.39 is 0 Å². The molecule has 2 aromatic rings. The van der Waals surface area contributed by atoms with Crippen LogP contribution < -0.4 is 0 Å². The quantitative estimate of drug-likeness (QED) is 0.861. The molecule has 0 spiro atoms. The maximum absolute atomic E-state index is 12.6. The summed E-state index contributed by atoms with van der Waals surface area (Å²) in [4.78, 5) is 23.3. The van der Waals surface area contributed by atoms with E-state index in [4.69, 9.17) is 4.98 Å². The van der Waals surface area contributed by atoms with Gasteiger partial charge in [-0.1, -0.05) is 17.7 Å². The van der Waals surface area contributed by atoms with Crippen LogP contribution in [0.25, 0.3) is 0 Å². The molecule has 0 bridgehead atoms. The van der Waals surface area contributed by atoms with E-state index in [2.05, 4.69) is 4.90 Å². The number of hydrogen-bond acceptors (Lipinski definition) is 4. The van der Waals surface area contributed by atoms with Gasteiger partial charge in [-0.25, -0.2) is 4.98 Å². The molecule has 24 heavy (non-hydrogen) atoms. The average Bonchev–Trinajstić information content (AvgIpc) is 3.16. The number of amides is 1. The molecule has 1 aromatic carbocycles. The number of nitrogens with zero attached hydrogens (tertiary/aromatic N) is 3. The van der Waals surface area contributed by atoms with Crippen LogP contribution >= 0.6 is 11.3 Å². The number of benzene rings is 1. The lowest BCUT2D eigenvalue weighted by Crippen LogP contribution is -2.48. The number of fused-ring (bicyclic) bond motifs is 1. The molecule has 0 N–H and O–H groups in total. The molecule has 126 valence electrons. The monoisotopic (exact) mass is 341 g/mol. The van der Waals surface area contributed by atoms with Crippen LogP contribution in [0.2, 0.25) is 0 Å². The molecule has 1 saturated heterocycles. The van der Waals surface area contributed by atoms with Crippen LogP contribution in [0.4, 0.5) is 0 Å². The zero-order valence-electron chi connectivity index (χ0n) is 14.1. The molecule has 4 nitrogen and oxygen atoms in total. The predicted molar refractivity (Wildman–Crippen MR) is 96.5 cm³/mol. The van der Waals surface area contributed by atoms with E-state index >= 15 is 0 Å². The number of aryl methyl sites for hydroxylation is 3. The molecule has 1 fully saturated rings. The highest BCUT2D eigenvalue weighted by Crippen LogP contribution is 2.28. The van der Waals surface area contributed by atoms with Crippen LogP contribution in [0.3, 0.4) is 0 Å². The Kier molecular flexibility index (Phi) is 4.37. The number of carbonyl (C=O) groups is 1. The standard InChI is InChI=1S/C19H23N3OS/c1-14-4-2-5-15(12-14)19(23)22-10-8-21(9-11-22)13-18-20-16-6-3-7-17(16)24-18/h2,4-5,12H,3,6-11,13H2,1H3. The third kappa shape index (κ3) is 3.23. The Morgan fingerprint density at radius 1 is 1.21 bits per heavy atom. The van der Waals surface area contributed by atoms with Crippen LogP contribution in [-0.2, 0) is 19.4 Å². The second-order valence-corrected chi connectivity index (χ2v) is 7.94. The molecule has 1 aliphatic heterocycles. The molecule has 0 radical (unpaired) electrons. The maximum Gasteiger partial charge on any atom is 0.253 e. The van der Waals surface area contributed by atoms with Crippen molar-refractivity contribution in [3.63, 3.8) is 0 Å². The first kappa shape index (κ1) is 15.8. The van der Waals surface area contributed by atoms with Gasteiger partial charge in [-0.3, -0.25) is 9.69 Å². The van der Waals surface area contributed by atoms with Gasteiger partial charge >= 0.3 is 0 Å². The van der Waals surface area contributed by atoms with Gasteiger partial charge in [0.2, 0.25) is 0 Å². The SMILES string of the molecule is Cc1cccc(C(=O)N2CCN(Cc3nc4c(s3)CCC4)CC2)c1. The van der Waals surface area contributed by atoms with E-state index in [0.717, 1.165) is 50.3 Å². The van der Waals surface area contributed by atoms with E-state index in [1.807, 2.05) is 47.4 Å². The van der Waals surface area contributed by atoms with Crippen LogP contribution in [0.15, 0.2) is 24.3 Å². The number of aromatic nitrogens is 1. The molecular formula is C19H23N3OS. The van der Waals surface area contributed by atoms with Gasteiger partial charge in [-0.05, 0) is 38.3 Å². The summed E-state index contributed by atoms with van der Waals surface area (Å²) in [6.45, 7) is 6.43. The number of rotatable bonds is 3. The number of hydrogen-bond donors (Lipinski definition) is 0. The van der Waals surface area contributed by atoms with Crippen molar-refractivity contribution in [2.45, 2.75) is 32.7 Å². The van der Waals surface area contributed by atoms with Crippen molar-refractivity contribution in [3.8, 4) is 0 Å². The Hall–Kier alpha value is -1.72. The largest absolute Gasteiger partial charge is 0.336 e. The Morgan fingerprint density at radius 2 is 2.04 bits per heavy atom. The van der Waals surface area contributed by atoms with Gasteiger partial charge in [0.15, 0.2) is 0 Å². The summed E-state index contributed by atoms with van der Waals surface area (Å²) < 4.78 is 0. The van der Waals surface area contributed by atoms with Crippen LogP contribution in [0.5, 0.6) is 0 Å². The third-order valence-corrected chi connectivity index (χ3v) is 6.07. The molecule has 0 saturated carbocycles. The minimum Gasteiger partial charge on any atom is -0.336 e. The summed E-state index contributed by atoms with van der Waals surface area (Å²) in [6.07, 6.45) is 3.64. The van der Waals surface area contributed by atoms with Gasteiger partial charge in [0.1, 0.15) is 5.01 Å². The van der Waals surface area contributed by atoms with Crippen molar-refractivity contribution in [1.29, 1.82) is 0 Å². The highest BCUT2D eigenvalue weighted by molar-refractivity contribution is 7.11. The van der Waals surface area contributed by atoms with Gasteiger partial charge < -0.3 is 4.90 Å². The molecule has 2 heterocycles. The summed E-state index contributed by atoms with van der Waals surface area (Å²) >= 11 is 1.89. The Labute approximate surface area is 147 Å². The molecule has 0 atom stereocenters. The predicted octanol–water partition coefficient (Wildman–Crippen LogP) is 2.90. The van der Waals surface area contributed by atoms with E-state index in [0.29, 0.717) is 0 Å². The van der Waals surface area contributed by atoms with Crippen LogP contribution in [-0.4, -0.2) is 46.9 Å². The fourth-order valence-electron chi connectivity index (χ4n) is 3.57. The van der Waals surface area contributed by atoms with Crippen molar-refractivity contribution >= 4 is 17.2 Å². The van der Waals surface area contributed by atoms with Gasteiger partial charge in [-0.15, -0.1) is 11.3 Å². The van der Waals surface area contributed by atoms with Crippen molar-refractivity contribution in [1.82, 2.24) is 14.8 Å². The number of carbonyl (C=O) groups excluding carboxylic acids is 1. The molecule has 4 rings (SSSR count). The Bertz CT molecular complexity index is 725. The summed E-state index contributed by atoms with van der Waals surface area (Å²) in [5.74, 6) is 0.159. The first-order valence-corrected chi connectivity index (χ1v) is 9.56. The van der Waals surface area contributed by atoms with E-state index in [9.17, 15) is 4.79 Å². The first-order chi connectivity index (χ1) is 11.7. The average molecular weight is 341 g/mol. The lowest BCUT2D eigenvalue weighted by molar-refractivity contribution is 0.0628. The van der Waals surface area contributed by atoms with Gasteiger partial charge in [0.25, 0.3) is 5.91 Å². The van der Waals surface area contributed by atoms with Gasteiger partial charge in [-0.2, -0.15) is 0 Å². The zero-order valence-corrected chi connectivity index (χ0v) is 14.9. The summed E-state index contributed by atoms with van der Waals surface area (Å²) in [7, 11) is 0. The van der Waals surface area contributed by atoms with Crippen LogP contribution in [0, 0.1) is 6.92 Å². The maximum atomic E-state index is 12.6. The summed E-state index contributed by atoms with van der Waals surface area (Å²) in [5.41, 5.74) is 3.28. The topological polar surface area (TPSA) is 36.4 Å². The van der Waals surface area contributed by atoms with Crippen molar-refractivity contribution < 1.29 is 4.79 Å². The normalized spacial score (nSPS) is 18.0. The van der Waals surface area contributed by atoms with Crippen LogP contribution in [0.1, 0.15) is 37.9 Å². The molecular weight excluding hydrogens is 318 g/mol. The smallest absolute Gasteiger partial charge is 0.253 e. The third-order valence-electron chi connectivity index (χ3n) is 4.92. The van der Waals surface area contributed by atoms with Gasteiger partial charge in [0.05, 0.1) is 12.2 Å². The minimum absolute atomic E-state index is 0.159. The highest BCUT2D eigenvalue weighted by atomic mass is 32.1. The Balaban J connectivity index is 1.33. The number of thiazole rings is 1. The van der Waals surface area contributed by atoms with Gasteiger partial charge in [0, 0.05) is 36.6 Å². The van der Waals surface area contributed by atoms with E-state index in [1.165, 1.54) is 28.4 Å². The second-order valence-electron chi connectivity index (χ2n) is 6.77. The lowest BCUT2D eigenvalue weighted by Gasteiger charge is -2.34. The highest BCUT2D eigenvalue weighted by Gasteiger charge is 2.24. The minimum atomic E-state index is 0.159. The molecule has 1 aromatic heterocycles. The van der Waals surface area contributed by atoms with E-state index in [-0.39, 0.29) is 5.91 Å². The van der Waals surface area contributed by atoms with Crippen molar-refractivity contribution in [2.24, 2.45) is 0 Å². The van der Waals surface area contributed by atoms with Crippen molar-refractivity contribution in [2.75, 3.05) is 26.2 Å². The van der Waals surface area contributed by atoms with Crippen molar-refractivity contribution in [3.05, 3.63) is 51.0 Å². The fraction of sp³-hybridized carbons (Fsp3) is 0.474. The number of piperazine rings is 1. The molecule has 0 unspecified atom stereocenters. The summed E-state index contributed by atoms with van der Waals surface area (Å²) in [5, 5.41) is 1.25. The first-order valence-electron chi connectivity index (χ1n) is 8.75. The Morgan fingerprint density at radius 3 is 2.79 bits per heavy atom. The second kappa shape index (κ2) is 6.65. The lowest BCUT2D eigenvalue weighted by atomic mass is 10.1.